The Bertz CT molecular complexity index is 267. The lowest BCUT2D eigenvalue weighted by Gasteiger charge is -2.03. The van der Waals surface area contributed by atoms with E-state index in [-0.39, 0.29) is 6.04 Å². The van der Waals surface area contributed by atoms with E-state index in [2.05, 4.69) is 0 Å². The number of Topliss-reactive ketones (excluding diaryl/α,β-unsaturated/α-hetero) is 1. The van der Waals surface area contributed by atoms with Gasteiger partial charge in [0.1, 0.15) is 5.78 Å². The molecule has 1 atom stereocenters. The van der Waals surface area contributed by atoms with Gasteiger partial charge in [0.2, 0.25) is 0 Å². The summed E-state index contributed by atoms with van der Waals surface area (Å²) < 4.78 is 0. The molecule has 0 aliphatic carbocycles. The van der Waals surface area contributed by atoms with Gasteiger partial charge in [-0.3, -0.25) is 4.79 Å². The maximum Gasteiger partial charge on any atom is 0.138 e. The molecular weight excluding hydrogens is 194 g/mol. The van der Waals surface area contributed by atoms with E-state index in [4.69, 9.17) is 5.73 Å². The van der Waals surface area contributed by atoms with Crippen molar-refractivity contribution in [1.82, 2.24) is 0 Å². The maximum atomic E-state index is 11.5. The normalized spacial score (nSPS) is 12.7. The summed E-state index contributed by atoms with van der Waals surface area (Å²) in [7, 11) is 0. The Morgan fingerprint density at radius 1 is 1.64 bits per heavy atom. The summed E-state index contributed by atoms with van der Waals surface area (Å²) in [6, 6.07) is 4.20. The molecule has 1 unspecified atom stereocenters. The van der Waals surface area contributed by atoms with E-state index in [1.807, 2.05) is 24.4 Å². The van der Waals surface area contributed by atoms with Crippen LogP contribution >= 0.6 is 11.3 Å². The zero-order valence-corrected chi connectivity index (χ0v) is 9.35. The minimum absolute atomic E-state index is 0.213. The average molecular weight is 211 g/mol. The van der Waals surface area contributed by atoms with Gasteiger partial charge < -0.3 is 5.73 Å². The van der Waals surface area contributed by atoms with Crippen LogP contribution in [-0.4, -0.2) is 11.8 Å². The number of carbonyl (C=O) groups excluding carboxylic acids is 1. The second-order valence-electron chi connectivity index (χ2n) is 3.66. The summed E-state index contributed by atoms with van der Waals surface area (Å²) in [6.07, 6.45) is 3.12. The molecule has 2 nitrogen and oxygen atoms in total. The van der Waals surface area contributed by atoms with E-state index < -0.39 is 0 Å². The van der Waals surface area contributed by atoms with Crippen LogP contribution < -0.4 is 5.73 Å². The Hall–Kier alpha value is -0.670. The van der Waals surface area contributed by atoms with Crippen LogP contribution in [0.4, 0.5) is 0 Å². The number of hydrogen-bond donors (Lipinski definition) is 1. The molecule has 1 rings (SSSR count). The van der Waals surface area contributed by atoms with Gasteiger partial charge in [0.05, 0.1) is 0 Å². The number of hydrogen-bond acceptors (Lipinski definition) is 3. The predicted octanol–water partition coefficient (Wildman–Crippen LogP) is 2.38. The van der Waals surface area contributed by atoms with Crippen LogP contribution in [0.15, 0.2) is 17.5 Å². The third-order valence-corrected chi connectivity index (χ3v) is 2.94. The summed E-state index contributed by atoms with van der Waals surface area (Å²) >= 11 is 1.65. The first kappa shape index (κ1) is 11.4. The van der Waals surface area contributed by atoms with Crippen molar-refractivity contribution in [2.24, 2.45) is 5.73 Å². The highest BCUT2D eigenvalue weighted by Crippen LogP contribution is 2.11. The fourth-order valence-electron chi connectivity index (χ4n) is 1.32. The number of ketones is 1. The van der Waals surface area contributed by atoms with Gasteiger partial charge in [-0.2, -0.15) is 0 Å². The SMILES string of the molecule is CC(N)CCCC(=O)Cc1cccs1. The van der Waals surface area contributed by atoms with E-state index in [1.165, 1.54) is 0 Å². The van der Waals surface area contributed by atoms with Crippen molar-refractivity contribution in [2.45, 2.75) is 38.6 Å². The molecule has 0 aliphatic heterocycles. The molecule has 78 valence electrons. The van der Waals surface area contributed by atoms with E-state index in [1.54, 1.807) is 11.3 Å². The topological polar surface area (TPSA) is 43.1 Å². The molecule has 14 heavy (non-hydrogen) atoms. The standard InChI is InChI=1S/C11H17NOS/c1-9(12)4-2-5-10(13)8-11-6-3-7-14-11/h3,6-7,9H,2,4-5,8,12H2,1H3. The first-order valence-corrected chi connectivity index (χ1v) is 5.86. The van der Waals surface area contributed by atoms with Crippen LogP contribution in [0.3, 0.4) is 0 Å². The molecule has 0 aliphatic rings. The quantitative estimate of drug-likeness (QED) is 0.785. The van der Waals surface area contributed by atoms with Crippen LogP contribution in [0.25, 0.3) is 0 Å². The van der Waals surface area contributed by atoms with Crippen molar-refractivity contribution in [3.8, 4) is 0 Å². The first-order valence-electron chi connectivity index (χ1n) is 4.98. The highest BCUT2D eigenvalue weighted by Gasteiger charge is 2.04. The van der Waals surface area contributed by atoms with Gasteiger partial charge in [0.15, 0.2) is 0 Å². The minimum atomic E-state index is 0.213. The van der Waals surface area contributed by atoms with Gasteiger partial charge in [-0.15, -0.1) is 11.3 Å². The highest BCUT2D eigenvalue weighted by molar-refractivity contribution is 7.10. The zero-order valence-electron chi connectivity index (χ0n) is 8.53. The molecule has 0 radical (unpaired) electrons. The Kier molecular flexibility index (Phi) is 4.84. The second kappa shape index (κ2) is 5.94. The Labute approximate surface area is 89.1 Å². The van der Waals surface area contributed by atoms with E-state index in [0.29, 0.717) is 18.6 Å². The van der Waals surface area contributed by atoms with Gasteiger partial charge in [-0.25, -0.2) is 0 Å². The Morgan fingerprint density at radius 3 is 3.00 bits per heavy atom. The van der Waals surface area contributed by atoms with Crippen molar-refractivity contribution in [3.05, 3.63) is 22.4 Å². The molecule has 0 saturated heterocycles. The lowest BCUT2D eigenvalue weighted by Crippen LogP contribution is -2.15. The average Bonchev–Trinajstić information content (AvgIpc) is 2.56. The van der Waals surface area contributed by atoms with Crippen LogP contribution in [0.5, 0.6) is 0 Å². The first-order chi connectivity index (χ1) is 6.68. The summed E-state index contributed by atoms with van der Waals surface area (Å²) in [5.41, 5.74) is 5.61. The lowest BCUT2D eigenvalue weighted by molar-refractivity contribution is -0.118. The van der Waals surface area contributed by atoms with Crippen LogP contribution in [0, 0.1) is 0 Å². The Balaban J connectivity index is 2.17. The molecule has 0 amide bonds. The molecule has 0 fully saturated rings. The third-order valence-electron chi connectivity index (χ3n) is 2.07. The second-order valence-corrected chi connectivity index (χ2v) is 4.70. The van der Waals surface area contributed by atoms with E-state index >= 15 is 0 Å². The predicted molar refractivity (Wildman–Crippen MR) is 60.5 cm³/mol. The fraction of sp³-hybridized carbons (Fsp3) is 0.545. The van der Waals surface area contributed by atoms with Crippen molar-refractivity contribution in [1.29, 1.82) is 0 Å². The smallest absolute Gasteiger partial charge is 0.138 e. The molecule has 1 aromatic heterocycles. The number of carbonyl (C=O) groups is 1. The lowest BCUT2D eigenvalue weighted by atomic mass is 10.1. The zero-order chi connectivity index (χ0) is 10.4. The molecule has 1 heterocycles. The number of thiophene rings is 1. The molecular formula is C11H17NOS. The number of nitrogens with two attached hydrogens (primary N) is 1. The van der Waals surface area contributed by atoms with Crippen LogP contribution in [0.2, 0.25) is 0 Å². The van der Waals surface area contributed by atoms with E-state index in [0.717, 1.165) is 17.7 Å². The Morgan fingerprint density at radius 2 is 2.43 bits per heavy atom. The summed E-state index contributed by atoms with van der Waals surface area (Å²) in [5.74, 6) is 0.327. The summed E-state index contributed by atoms with van der Waals surface area (Å²) in [5, 5.41) is 2.00. The van der Waals surface area contributed by atoms with Crippen LogP contribution in [0.1, 0.15) is 31.1 Å². The fourth-order valence-corrected chi connectivity index (χ4v) is 2.05. The van der Waals surface area contributed by atoms with Gasteiger partial charge >= 0.3 is 0 Å². The molecule has 0 saturated carbocycles. The third kappa shape index (κ3) is 4.53. The molecule has 3 heteroatoms. The minimum Gasteiger partial charge on any atom is -0.328 e. The molecule has 0 aromatic carbocycles. The van der Waals surface area contributed by atoms with Crippen molar-refractivity contribution in [2.75, 3.05) is 0 Å². The van der Waals surface area contributed by atoms with E-state index in [9.17, 15) is 4.79 Å². The van der Waals surface area contributed by atoms with Crippen LogP contribution in [-0.2, 0) is 11.2 Å². The number of rotatable bonds is 6. The summed E-state index contributed by atoms with van der Waals surface area (Å²) in [6.45, 7) is 1.98. The van der Waals surface area contributed by atoms with Gasteiger partial charge in [0, 0.05) is 23.8 Å². The van der Waals surface area contributed by atoms with Gasteiger partial charge in [0.25, 0.3) is 0 Å². The van der Waals surface area contributed by atoms with Crippen molar-refractivity contribution >= 4 is 17.1 Å². The maximum absolute atomic E-state index is 11.5. The van der Waals surface area contributed by atoms with Gasteiger partial charge in [-0.1, -0.05) is 6.07 Å². The monoisotopic (exact) mass is 211 g/mol. The molecule has 2 N–H and O–H groups in total. The molecule has 0 spiro atoms. The summed E-state index contributed by atoms with van der Waals surface area (Å²) in [4.78, 5) is 12.6. The molecule has 1 aromatic rings. The van der Waals surface area contributed by atoms with Crippen molar-refractivity contribution < 1.29 is 4.79 Å². The van der Waals surface area contributed by atoms with Crippen molar-refractivity contribution in [3.63, 3.8) is 0 Å². The molecule has 0 bridgehead atoms. The van der Waals surface area contributed by atoms with Gasteiger partial charge in [-0.05, 0) is 31.2 Å². The highest BCUT2D eigenvalue weighted by atomic mass is 32.1. The largest absolute Gasteiger partial charge is 0.328 e.